The summed E-state index contributed by atoms with van der Waals surface area (Å²) in [6.07, 6.45) is 2.89. The van der Waals surface area contributed by atoms with E-state index < -0.39 is 0 Å². The average Bonchev–Trinajstić information content (AvgIpc) is 2.82. The predicted octanol–water partition coefficient (Wildman–Crippen LogP) is 3.72. The first-order chi connectivity index (χ1) is 10.1. The normalized spacial score (nSPS) is 12.7. The van der Waals surface area contributed by atoms with E-state index in [1.54, 1.807) is 12.1 Å². The summed E-state index contributed by atoms with van der Waals surface area (Å²) < 4.78 is 15.5. The molecule has 108 valence electrons. The van der Waals surface area contributed by atoms with Crippen molar-refractivity contribution in [1.29, 1.82) is 0 Å². The van der Waals surface area contributed by atoms with Gasteiger partial charge < -0.3 is 10.3 Å². The Hall–Kier alpha value is -2.13. The van der Waals surface area contributed by atoms with E-state index in [1.807, 2.05) is 13.0 Å². The molecule has 0 amide bonds. The van der Waals surface area contributed by atoms with Crippen LogP contribution in [-0.4, -0.2) is 10.6 Å². The van der Waals surface area contributed by atoms with E-state index in [4.69, 9.17) is 5.73 Å². The van der Waals surface area contributed by atoms with Crippen LogP contribution in [0.3, 0.4) is 0 Å². The molecule has 1 unspecified atom stereocenters. The van der Waals surface area contributed by atoms with E-state index in [0.29, 0.717) is 6.54 Å². The number of hydrogen-bond donors (Lipinski definition) is 1. The summed E-state index contributed by atoms with van der Waals surface area (Å²) in [6, 6.07) is 15.2. The minimum Gasteiger partial charge on any atom is -0.343 e. The number of para-hydroxylation sites is 1. The lowest BCUT2D eigenvalue weighted by Crippen LogP contribution is -2.18. The Morgan fingerprint density at radius 2 is 1.95 bits per heavy atom. The smallest absolute Gasteiger partial charge is 0.123 e. The second-order valence-corrected chi connectivity index (χ2v) is 5.61. The van der Waals surface area contributed by atoms with E-state index >= 15 is 0 Å². The second kappa shape index (κ2) is 5.70. The molecular formula is C18H19FN2. The van der Waals surface area contributed by atoms with Gasteiger partial charge in [-0.15, -0.1) is 0 Å². The SMILES string of the molecule is CC(N)Cc1cccc2ccn(Cc3cccc(F)c3)c12. The molecule has 0 saturated carbocycles. The van der Waals surface area contributed by atoms with E-state index in [-0.39, 0.29) is 11.9 Å². The van der Waals surface area contributed by atoms with Crippen LogP contribution in [0.25, 0.3) is 10.9 Å². The molecule has 0 saturated heterocycles. The number of nitrogens with two attached hydrogens (primary N) is 1. The fraction of sp³-hybridized carbons (Fsp3) is 0.222. The maximum atomic E-state index is 13.3. The van der Waals surface area contributed by atoms with Crippen molar-refractivity contribution in [1.82, 2.24) is 4.57 Å². The van der Waals surface area contributed by atoms with Crippen molar-refractivity contribution in [2.24, 2.45) is 5.73 Å². The Morgan fingerprint density at radius 3 is 2.71 bits per heavy atom. The maximum absolute atomic E-state index is 13.3. The molecule has 0 aliphatic carbocycles. The monoisotopic (exact) mass is 282 g/mol. The van der Waals surface area contributed by atoms with Crippen LogP contribution >= 0.6 is 0 Å². The van der Waals surface area contributed by atoms with Crippen LogP contribution < -0.4 is 5.73 Å². The molecule has 0 spiro atoms. The number of halogens is 1. The van der Waals surface area contributed by atoms with Gasteiger partial charge in [-0.25, -0.2) is 4.39 Å². The lowest BCUT2D eigenvalue weighted by Gasteiger charge is -2.12. The summed E-state index contributed by atoms with van der Waals surface area (Å²) >= 11 is 0. The summed E-state index contributed by atoms with van der Waals surface area (Å²) in [5.74, 6) is -0.195. The van der Waals surface area contributed by atoms with Gasteiger partial charge in [-0.3, -0.25) is 0 Å². The fourth-order valence-electron chi connectivity index (χ4n) is 2.82. The van der Waals surface area contributed by atoms with Crippen molar-refractivity contribution in [3.05, 3.63) is 71.7 Å². The third-order valence-corrected chi connectivity index (χ3v) is 3.66. The highest BCUT2D eigenvalue weighted by Crippen LogP contribution is 2.22. The van der Waals surface area contributed by atoms with Crippen molar-refractivity contribution in [3.63, 3.8) is 0 Å². The van der Waals surface area contributed by atoms with Crippen LogP contribution in [0.4, 0.5) is 4.39 Å². The van der Waals surface area contributed by atoms with Crippen molar-refractivity contribution < 1.29 is 4.39 Å². The zero-order valence-corrected chi connectivity index (χ0v) is 12.1. The molecule has 3 aromatic rings. The zero-order valence-electron chi connectivity index (χ0n) is 12.1. The lowest BCUT2D eigenvalue weighted by atomic mass is 10.0. The van der Waals surface area contributed by atoms with E-state index in [2.05, 4.69) is 35.0 Å². The minimum absolute atomic E-state index is 0.119. The quantitative estimate of drug-likeness (QED) is 0.777. The number of benzene rings is 2. The molecule has 0 aliphatic heterocycles. The van der Waals surface area contributed by atoms with Gasteiger partial charge in [-0.1, -0.05) is 30.3 Å². The van der Waals surface area contributed by atoms with Crippen molar-refractivity contribution in [2.45, 2.75) is 25.9 Å². The molecule has 3 rings (SSSR count). The molecule has 0 bridgehead atoms. The Morgan fingerprint density at radius 1 is 1.14 bits per heavy atom. The van der Waals surface area contributed by atoms with E-state index in [9.17, 15) is 4.39 Å². The van der Waals surface area contributed by atoms with Gasteiger partial charge in [-0.05, 0) is 48.1 Å². The number of aromatic nitrogens is 1. The number of rotatable bonds is 4. The first-order valence-corrected chi connectivity index (χ1v) is 7.20. The highest BCUT2D eigenvalue weighted by atomic mass is 19.1. The van der Waals surface area contributed by atoms with Crippen molar-refractivity contribution in [3.8, 4) is 0 Å². The molecule has 1 atom stereocenters. The molecule has 3 heteroatoms. The van der Waals surface area contributed by atoms with Crippen LogP contribution in [0, 0.1) is 5.82 Å². The summed E-state index contributed by atoms with van der Waals surface area (Å²) in [7, 11) is 0. The highest BCUT2D eigenvalue weighted by Gasteiger charge is 2.09. The number of nitrogens with zero attached hydrogens (tertiary/aromatic N) is 1. The molecule has 2 aromatic carbocycles. The van der Waals surface area contributed by atoms with Gasteiger partial charge in [0.15, 0.2) is 0 Å². The van der Waals surface area contributed by atoms with Gasteiger partial charge in [-0.2, -0.15) is 0 Å². The molecule has 21 heavy (non-hydrogen) atoms. The van der Waals surface area contributed by atoms with Gasteiger partial charge >= 0.3 is 0 Å². The molecular weight excluding hydrogens is 263 g/mol. The van der Waals surface area contributed by atoms with Crippen LogP contribution in [-0.2, 0) is 13.0 Å². The summed E-state index contributed by atoms with van der Waals surface area (Å²) in [6.45, 7) is 2.68. The van der Waals surface area contributed by atoms with Gasteiger partial charge in [0, 0.05) is 18.8 Å². The Labute approximate surface area is 124 Å². The predicted molar refractivity (Wildman–Crippen MR) is 84.8 cm³/mol. The molecule has 0 radical (unpaired) electrons. The van der Waals surface area contributed by atoms with Gasteiger partial charge in [0.05, 0.1) is 5.52 Å². The number of fused-ring (bicyclic) bond motifs is 1. The average molecular weight is 282 g/mol. The lowest BCUT2D eigenvalue weighted by molar-refractivity contribution is 0.624. The third kappa shape index (κ3) is 2.98. The first kappa shape index (κ1) is 13.8. The maximum Gasteiger partial charge on any atom is 0.123 e. The molecule has 1 aromatic heterocycles. The fourth-order valence-corrected chi connectivity index (χ4v) is 2.82. The summed E-state index contributed by atoms with van der Waals surface area (Å²) in [5.41, 5.74) is 9.34. The standard InChI is InChI=1S/C18H19FN2/c1-13(20)10-16-6-3-5-15-8-9-21(18(15)16)12-14-4-2-7-17(19)11-14/h2-9,11,13H,10,12,20H2,1H3. The molecule has 1 heterocycles. The Balaban J connectivity index is 2.02. The van der Waals surface area contributed by atoms with E-state index in [1.165, 1.54) is 22.5 Å². The van der Waals surface area contributed by atoms with Gasteiger partial charge in [0.2, 0.25) is 0 Å². The third-order valence-electron chi connectivity index (χ3n) is 3.66. The Kier molecular flexibility index (Phi) is 3.76. The van der Waals surface area contributed by atoms with E-state index in [0.717, 1.165) is 12.0 Å². The molecule has 0 fully saturated rings. The van der Waals surface area contributed by atoms with Gasteiger partial charge in [0.1, 0.15) is 5.82 Å². The van der Waals surface area contributed by atoms with Crippen LogP contribution in [0.1, 0.15) is 18.1 Å². The van der Waals surface area contributed by atoms with Crippen LogP contribution in [0.5, 0.6) is 0 Å². The Bertz CT molecular complexity index is 759. The summed E-state index contributed by atoms with van der Waals surface area (Å²) in [5, 5.41) is 1.20. The van der Waals surface area contributed by atoms with Crippen molar-refractivity contribution in [2.75, 3.05) is 0 Å². The van der Waals surface area contributed by atoms with Crippen molar-refractivity contribution >= 4 is 10.9 Å². The van der Waals surface area contributed by atoms with Gasteiger partial charge in [0.25, 0.3) is 0 Å². The first-order valence-electron chi connectivity index (χ1n) is 7.20. The molecule has 2 N–H and O–H groups in total. The number of hydrogen-bond acceptors (Lipinski definition) is 1. The molecule has 2 nitrogen and oxygen atoms in total. The minimum atomic E-state index is -0.195. The second-order valence-electron chi connectivity index (χ2n) is 5.61. The largest absolute Gasteiger partial charge is 0.343 e. The summed E-state index contributed by atoms with van der Waals surface area (Å²) in [4.78, 5) is 0. The van der Waals surface area contributed by atoms with Crippen LogP contribution in [0.2, 0.25) is 0 Å². The topological polar surface area (TPSA) is 30.9 Å². The highest BCUT2D eigenvalue weighted by molar-refractivity contribution is 5.83. The van der Waals surface area contributed by atoms with Crippen LogP contribution in [0.15, 0.2) is 54.7 Å². The zero-order chi connectivity index (χ0) is 14.8. The molecule has 0 aliphatic rings.